The van der Waals surface area contributed by atoms with Crippen molar-refractivity contribution in [3.63, 3.8) is 0 Å². The zero-order valence-corrected chi connectivity index (χ0v) is 42.3. The highest BCUT2D eigenvalue weighted by Gasteiger charge is 2.53. The average Bonchev–Trinajstić information content (AvgIpc) is 3.89. The third kappa shape index (κ3) is 6.82. The first-order chi connectivity index (χ1) is 27.2. The number of halogens is 2. The minimum Gasteiger partial charge on any atom is -0.114 e. The van der Waals surface area contributed by atoms with Gasteiger partial charge in [0.2, 0.25) is 0 Å². The van der Waals surface area contributed by atoms with Gasteiger partial charge in [0.05, 0.1) is 18.5 Å². The molecule has 3 heteroatoms. The van der Waals surface area contributed by atoms with Crippen molar-refractivity contribution in [1.82, 2.24) is 0 Å². The molecular weight excluding hydrogens is 772 g/mol. The van der Waals surface area contributed by atoms with E-state index in [2.05, 4.69) is 159 Å². The predicted octanol–water partition coefficient (Wildman–Crippen LogP) is 15.5. The van der Waals surface area contributed by atoms with Crippen LogP contribution in [0.25, 0.3) is 33.4 Å². The lowest BCUT2D eigenvalue weighted by Gasteiger charge is -2.36. The fourth-order valence-electron chi connectivity index (χ4n) is 11.0. The summed E-state index contributed by atoms with van der Waals surface area (Å²) in [7, 11) is -1.33. The van der Waals surface area contributed by atoms with Gasteiger partial charge in [-0.3, -0.25) is 0 Å². The van der Waals surface area contributed by atoms with Crippen LogP contribution in [-0.4, -0.2) is 9.52 Å². The highest BCUT2D eigenvalue weighted by molar-refractivity contribution is 6.70. The Hall–Kier alpha value is -2.84. The predicted molar refractivity (Wildman–Crippen MR) is 263 cm³/mol. The maximum atomic E-state index is 8.48. The van der Waals surface area contributed by atoms with Crippen LogP contribution in [0.4, 0.5) is 0 Å². The van der Waals surface area contributed by atoms with Crippen LogP contribution in [0, 0.1) is 0 Å². The Morgan fingerprint density at radius 2 is 0.729 bits per heavy atom. The van der Waals surface area contributed by atoms with Crippen molar-refractivity contribution < 1.29 is 0 Å². The molecule has 0 saturated heterocycles. The summed E-state index contributed by atoms with van der Waals surface area (Å²) in [5, 5.41) is 0. The second kappa shape index (κ2) is 13.8. The summed E-state index contributed by atoms with van der Waals surface area (Å²) in [4.78, 5) is 0. The van der Waals surface area contributed by atoms with Gasteiger partial charge in [-0.1, -0.05) is 132 Å². The lowest BCUT2D eigenvalue weighted by molar-refractivity contribution is 0.568. The van der Waals surface area contributed by atoms with E-state index in [4.69, 9.17) is 23.2 Å². The van der Waals surface area contributed by atoms with Gasteiger partial charge in [-0.2, -0.15) is 0 Å². The summed E-state index contributed by atoms with van der Waals surface area (Å²) in [6.45, 7) is 37.6. The van der Waals surface area contributed by atoms with Gasteiger partial charge in [0.25, 0.3) is 0 Å². The largest absolute Gasteiger partial charge is 0.114 e. The van der Waals surface area contributed by atoms with E-state index in [1.807, 2.05) is 0 Å². The maximum absolute atomic E-state index is 8.48. The van der Waals surface area contributed by atoms with Crippen LogP contribution in [0.5, 0.6) is 0 Å². The average molecular weight is 842 g/mol. The first kappa shape index (κ1) is 42.8. The first-order valence-electron chi connectivity index (χ1n) is 22.6. The Bertz CT molecular complexity index is 2270. The second-order valence-electron chi connectivity index (χ2n) is 23.2. The van der Waals surface area contributed by atoms with Crippen molar-refractivity contribution in [2.24, 2.45) is 0 Å². The van der Waals surface area contributed by atoms with Crippen molar-refractivity contribution in [2.45, 2.75) is 180 Å². The molecule has 0 aliphatic heterocycles. The van der Waals surface area contributed by atoms with Crippen LogP contribution in [0.15, 0.2) is 59.7 Å². The Morgan fingerprint density at radius 3 is 1.02 bits per heavy atom. The van der Waals surface area contributed by atoms with Gasteiger partial charge < -0.3 is 0 Å². The molecule has 0 heterocycles. The molecule has 312 valence electrons. The van der Waals surface area contributed by atoms with Gasteiger partial charge in [-0.15, -0.1) is 23.2 Å². The summed E-state index contributed by atoms with van der Waals surface area (Å²) in [5.41, 5.74) is 28.1. The van der Waals surface area contributed by atoms with Crippen LogP contribution in [0.3, 0.4) is 0 Å². The monoisotopic (exact) mass is 840 g/mol. The fraction of sp³-hybridized carbons (Fsp3) is 0.500. The van der Waals surface area contributed by atoms with E-state index < -0.39 is 18.5 Å². The van der Waals surface area contributed by atoms with Crippen molar-refractivity contribution >= 4 is 43.9 Å². The van der Waals surface area contributed by atoms with Crippen LogP contribution >= 0.6 is 23.2 Å². The van der Waals surface area contributed by atoms with Gasteiger partial charge in [-0.25, -0.2) is 0 Å². The molecule has 0 bridgehead atoms. The summed E-state index contributed by atoms with van der Waals surface area (Å²) >= 11 is 17.0. The first-order valence-corrected chi connectivity index (χ1v) is 24.8. The van der Waals surface area contributed by atoms with E-state index in [9.17, 15) is 0 Å². The summed E-state index contributed by atoms with van der Waals surface area (Å²) < 4.78 is -1.23. The highest BCUT2D eigenvalue weighted by Crippen LogP contribution is 2.61. The molecular formula is C56H70Cl2Si. The van der Waals surface area contributed by atoms with E-state index >= 15 is 0 Å². The summed E-state index contributed by atoms with van der Waals surface area (Å²) in [5.74, 6) is 0. The molecule has 0 aromatic heterocycles. The van der Waals surface area contributed by atoms with Crippen molar-refractivity contribution in [2.75, 3.05) is 0 Å². The molecule has 2 atom stereocenters. The SMILES string of the molecule is CC1=C(C)C(Cl)([SiH2]C2(Cl)C(C)=C(C)c3c2cc2c(c3-c3cc(C(C)(C)C)cc(C(C)(C)C)c3)CCC2)c2cc3c(c(-c4cc(C(C)(C)C)cc(C(C)(C)C)c4)c21)CCC3. The minimum atomic E-state index is -1.33. The van der Waals surface area contributed by atoms with Crippen LogP contribution in [0.2, 0.25) is 0 Å². The molecule has 0 amide bonds. The number of hydrogen-bond donors (Lipinski definition) is 0. The third-order valence-electron chi connectivity index (χ3n) is 15.1. The molecule has 4 aliphatic rings. The molecule has 0 fully saturated rings. The van der Waals surface area contributed by atoms with Gasteiger partial charge in [0.1, 0.15) is 0 Å². The number of allylic oxidation sites excluding steroid dienone is 4. The van der Waals surface area contributed by atoms with Gasteiger partial charge in [0, 0.05) is 0 Å². The molecule has 4 aromatic carbocycles. The lowest BCUT2D eigenvalue weighted by Crippen LogP contribution is -2.40. The van der Waals surface area contributed by atoms with E-state index in [-0.39, 0.29) is 21.7 Å². The molecule has 0 N–H and O–H groups in total. The number of hydrogen-bond acceptors (Lipinski definition) is 0. The zero-order valence-electron chi connectivity index (χ0n) is 39.3. The van der Waals surface area contributed by atoms with Gasteiger partial charge >= 0.3 is 0 Å². The summed E-state index contributed by atoms with van der Waals surface area (Å²) in [6, 6.07) is 20.0. The van der Waals surface area contributed by atoms with E-state index in [0.717, 1.165) is 25.7 Å². The van der Waals surface area contributed by atoms with E-state index in [1.165, 1.54) is 124 Å². The van der Waals surface area contributed by atoms with Crippen LogP contribution in [0.1, 0.15) is 190 Å². The Balaban J connectivity index is 1.35. The standard InChI is InChI=1S/C56H70Cl2Si/c1-31-33(3)55(57,45-27-35-19-17-21-43(35)49(47(31)45)37-23-39(51(5,6)7)29-40(24-37)52(8,9)10)59-56(58)34(4)32(2)48-46(56)28-36-20-18-22-44(36)50(48)38-25-41(53(11,12)13)30-42(26-38)54(14,15)16/h23-30H,17-22,59H2,1-16H3. The highest BCUT2D eigenvalue weighted by atomic mass is 35.5. The number of aryl methyl sites for hydroxylation is 2. The third-order valence-corrected chi connectivity index (χ3v) is 19.7. The molecule has 0 spiro atoms. The van der Waals surface area contributed by atoms with E-state index in [0.29, 0.717) is 0 Å². The topological polar surface area (TPSA) is 0 Å². The molecule has 0 radical (unpaired) electrons. The van der Waals surface area contributed by atoms with Crippen molar-refractivity contribution in [3.05, 3.63) is 126 Å². The zero-order chi connectivity index (χ0) is 43.2. The Labute approximate surface area is 370 Å². The number of benzene rings is 4. The van der Waals surface area contributed by atoms with E-state index in [1.54, 1.807) is 0 Å². The Kier molecular flexibility index (Phi) is 10.0. The number of alkyl halides is 2. The molecule has 8 rings (SSSR count). The fourth-order valence-corrected chi connectivity index (χ4v) is 15.6. The lowest BCUT2D eigenvalue weighted by atomic mass is 9.77. The second-order valence-corrected chi connectivity index (χ2v) is 27.9. The smallest absolute Gasteiger partial charge is 0.0923 e. The molecule has 0 saturated carbocycles. The maximum Gasteiger partial charge on any atom is 0.0923 e. The number of rotatable bonds is 4. The van der Waals surface area contributed by atoms with Crippen LogP contribution < -0.4 is 0 Å². The summed E-state index contributed by atoms with van der Waals surface area (Å²) in [6.07, 6.45) is 6.85. The van der Waals surface area contributed by atoms with Crippen molar-refractivity contribution in [1.29, 1.82) is 0 Å². The van der Waals surface area contributed by atoms with Crippen LogP contribution in [-0.2, 0) is 56.3 Å². The number of fused-ring (bicyclic) bond motifs is 4. The molecule has 4 aliphatic carbocycles. The minimum absolute atomic E-state index is 0.0328. The van der Waals surface area contributed by atoms with Gasteiger partial charge in [0.15, 0.2) is 0 Å². The quantitative estimate of drug-likeness (QED) is 0.142. The van der Waals surface area contributed by atoms with Crippen molar-refractivity contribution in [3.8, 4) is 22.3 Å². The van der Waals surface area contributed by atoms with Gasteiger partial charge in [-0.05, 0) is 199 Å². The normalized spacial score (nSPS) is 21.9. The molecule has 2 unspecified atom stereocenters. The molecule has 4 aromatic rings. The Morgan fingerprint density at radius 1 is 0.424 bits per heavy atom. The molecule has 59 heavy (non-hydrogen) atoms. The molecule has 0 nitrogen and oxygen atoms in total.